The first-order valence-corrected chi connectivity index (χ1v) is 7.77. The van der Waals surface area contributed by atoms with E-state index in [1.807, 2.05) is 0 Å². The molecule has 3 aliphatic rings. The molecule has 0 bridgehead atoms. The van der Waals surface area contributed by atoms with Crippen molar-refractivity contribution in [2.45, 2.75) is 37.8 Å². The standard InChI is InChI=1S/C14H26N5O/c1-17-8-9-18(11-17)6-4-10-20-14-13(15)12-5-2-3-7-19(12)16-14/h11-13H,2-10,15H2,1H3/q+1. The van der Waals surface area contributed by atoms with Gasteiger partial charge in [-0.15, -0.1) is 5.10 Å². The third-order valence-corrected chi connectivity index (χ3v) is 4.39. The van der Waals surface area contributed by atoms with E-state index in [1.165, 1.54) is 12.8 Å². The molecule has 1 fully saturated rings. The lowest BCUT2D eigenvalue weighted by Gasteiger charge is -2.29. The van der Waals surface area contributed by atoms with Crippen LogP contribution in [0.4, 0.5) is 0 Å². The van der Waals surface area contributed by atoms with E-state index in [4.69, 9.17) is 10.5 Å². The van der Waals surface area contributed by atoms with Gasteiger partial charge in [0.25, 0.3) is 0 Å². The number of fused-ring (bicyclic) bond motifs is 1. The van der Waals surface area contributed by atoms with Gasteiger partial charge in [0, 0.05) is 13.0 Å². The maximum atomic E-state index is 6.24. The Balaban J connectivity index is 1.40. The number of piperidine rings is 1. The topological polar surface area (TPSA) is 57.1 Å². The summed E-state index contributed by atoms with van der Waals surface area (Å²) in [5.74, 6) is 0.749. The summed E-state index contributed by atoms with van der Waals surface area (Å²) in [6, 6.07) is 0.346. The molecule has 112 valence electrons. The van der Waals surface area contributed by atoms with Crippen LogP contribution >= 0.6 is 0 Å². The Morgan fingerprint density at radius 1 is 1.45 bits per heavy atom. The summed E-state index contributed by atoms with van der Waals surface area (Å²) in [4.78, 5) is 2.34. The summed E-state index contributed by atoms with van der Waals surface area (Å²) in [5, 5.41) is 6.68. The van der Waals surface area contributed by atoms with Crippen molar-refractivity contribution >= 4 is 12.2 Å². The minimum Gasteiger partial charge on any atom is -0.478 e. The summed E-state index contributed by atoms with van der Waals surface area (Å²) in [6.45, 7) is 5.02. The van der Waals surface area contributed by atoms with Gasteiger partial charge in [-0.05, 0) is 19.3 Å². The predicted molar refractivity (Wildman–Crippen MR) is 79.0 cm³/mol. The third kappa shape index (κ3) is 2.90. The number of hydrazone groups is 1. The Bertz CT molecular complexity index is 408. The molecule has 3 rings (SSSR count). The Labute approximate surface area is 120 Å². The lowest BCUT2D eigenvalue weighted by Crippen LogP contribution is -2.46. The molecule has 6 nitrogen and oxygen atoms in total. The zero-order chi connectivity index (χ0) is 13.9. The molecule has 2 atom stereocenters. The molecule has 20 heavy (non-hydrogen) atoms. The second-order valence-electron chi connectivity index (χ2n) is 6.02. The van der Waals surface area contributed by atoms with Crippen LogP contribution in [0.2, 0.25) is 0 Å². The second-order valence-corrected chi connectivity index (χ2v) is 6.02. The molecule has 1 saturated heterocycles. The second kappa shape index (κ2) is 5.99. The van der Waals surface area contributed by atoms with E-state index in [1.54, 1.807) is 0 Å². The van der Waals surface area contributed by atoms with Crippen molar-refractivity contribution in [3.05, 3.63) is 0 Å². The van der Waals surface area contributed by atoms with Crippen LogP contribution < -0.4 is 5.73 Å². The number of hydrogen-bond donors (Lipinski definition) is 1. The Morgan fingerprint density at radius 2 is 2.35 bits per heavy atom. The molecular formula is C14H26N5O+. The van der Waals surface area contributed by atoms with Gasteiger partial charge in [-0.1, -0.05) is 0 Å². The van der Waals surface area contributed by atoms with Crippen LogP contribution in [0.15, 0.2) is 5.10 Å². The van der Waals surface area contributed by atoms with Gasteiger partial charge >= 0.3 is 0 Å². The van der Waals surface area contributed by atoms with Gasteiger partial charge in [0.15, 0.2) is 0 Å². The van der Waals surface area contributed by atoms with Crippen LogP contribution in [-0.4, -0.2) is 78.6 Å². The molecule has 3 aliphatic heterocycles. The average molecular weight is 280 g/mol. The lowest BCUT2D eigenvalue weighted by molar-refractivity contribution is -0.482. The number of ether oxygens (including phenoxy) is 1. The van der Waals surface area contributed by atoms with Crippen LogP contribution in [0.3, 0.4) is 0 Å². The van der Waals surface area contributed by atoms with Crippen molar-refractivity contribution in [1.82, 2.24) is 9.91 Å². The molecule has 6 heteroatoms. The van der Waals surface area contributed by atoms with E-state index in [2.05, 4.69) is 33.0 Å². The van der Waals surface area contributed by atoms with Crippen molar-refractivity contribution < 1.29 is 9.31 Å². The highest BCUT2D eigenvalue weighted by Gasteiger charge is 2.37. The van der Waals surface area contributed by atoms with Gasteiger partial charge in [-0.25, -0.2) is 0 Å². The van der Waals surface area contributed by atoms with Crippen LogP contribution in [-0.2, 0) is 4.74 Å². The fraction of sp³-hybridized carbons (Fsp3) is 0.857. The van der Waals surface area contributed by atoms with E-state index in [-0.39, 0.29) is 6.04 Å². The van der Waals surface area contributed by atoms with Gasteiger partial charge in [0.05, 0.1) is 26.2 Å². The van der Waals surface area contributed by atoms with Gasteiger partial charge in [-0.2, -0.15) is 0 Å². The predicted octanol–water partition coefficient (Wildman–Crippen LogP) is -0.112. The fourth-order valence-corrected chi connectivity index (χ4v) is 3.21. The molecule has 0 aromatic carbocycles. The highest BCUT2D eigenvalue weighted by atomic mass is 16.5. The smallest absolute Gasteiger partial charge is 0.234 e. The van der Waals surface area contributed by atoms with Crippen molar-refractivity contribution in [3.63, 3.8) is 0 Å². The van der Waals surface area contributed by atoms with E-state index >= 15 is 0 Å². The summed E-state index contributed by atoms with van der Waals surface area (Å²) in [6.07, 6.45) is 6.82. The number of rotatable bonds is 4. The van der Waals surface area contributed by atoms with Gasteiger partial charge < -0.3 is 10.5 Å². The molecule has 0 aromatic heterocycles. The van der Waals surface area contributed by atoms with E-state index < -0.39 is 0 Å². The molecule has 2 N–H and O–H groups in total. The first kappa shape index (κ1) is 13.7. The molecule has 0 amide bonds. The number of nitrogens with two attached hydrogens (primary N) is 1. The molecule has 0 saturated carbocycles. The SMILES string of the molecule is C[N+]1=CN(CCCOC2=NN3CCCCC3C2N)CC1. The first-order chi connectivity index (χ1) is 9.74. The molecule has 3 heterocycles. The van der Waals surface area contributed by atoms with Crippen molar-refractivity contribution in [3.8, 4) is 0 Å². The zero-order valence-corrected chi connectivity index (χ0v) is 12.4. The fourth-order valence-electron chi connectivity index (χ4n) is 3.21. The summed E-state index contributed by atoms with van der Waals surface area (Å²) in [7, 11) is 2.11. The van der Waals surface area contributed by atoms with Gasteiger partial charge in [0.2, 0.25) is 12.2 Å². The molecule has 0 aromatic rings. The molecule has 2 unspecified atom stereocenters. The highest BCUT2D eigenvalue weighted by molar-refractivity contribution is 5.83. The normalized spacial score (nSPS) is 29.3. The van der Waals surface area contributed by atoms with Crippen molar-refractivity contribution in [2.75, 3.05) is 39.8 Å². The van der Waals surface area contributed by atoms with E-state index in [0.717, 1.165) is 44.9 Å². The van der Waals surface area contributed by atoms with Crippen LogP contribution in [0.5, 0.6) is 0 Å². The minimum absolute atomic E-state index is 0.0280. The van der Waals surface area contributed by atoms with E-state index in [0.29, 0.717) is 12.6 Å². The molecule has 0 radical (unpaired) electrons. The average Bonchev–Trinajstić information content (AvgIpc) is 3.00. The first-order valence-electron chi connectivity index (χ1n) is 7.77. The Kier molecular flexibility index (Phi) is 4.10. The van der Waals surface area contributed by atoms with Gasteiger partial charge in [0.1, 0.15) is 19.1 Å². The summed E-state index contributed by atoms with van der Waals surface area (Å²) < 4.78 is 8.04. The summed E-state index contributed by atoms with van der Waals surface area (Å²) in [5.41, 5.74) is 6.24. The zero-order valence-electron chi connectivity index (χ0n) is 12.4. The highest BCUT2D eigenvalue weighted by Crippen LogP contribution is 2.25. The van der Waals surface area contributed by atoms with Gasteiger partial charge in [-0.3, -0.25) is 14.5 Å². The maximum absolute atomic E-state index is 6.24. The maximum Gasteiger partial charge on any atom is 0.234 e. The van der Waals surface area contributed by atoms with E-state index in [9.17, 15) is 0 Å². The quantitative estimate of drug-likeness (QED) is 0.576. The largest absolute Gasteiger partial charge is 0.478 e. The van der Waals surface area contributed by atoms with Crippen molar-refractivity contribution in [2.24, 2.45) is 10.8 Å². The number of hydrogen-bond acceptors (Lipinski definition) is 5. The van der Waals surface area contributed by atoms with Crippen LogP contribution in [0.1, 0.15) is 25.7 Å². The molecular weight excluding hydrogens is 254 g/mol. The lowest BCUT2D eigenvalue weighted by atomic mass is 9.99. The number of likely N-dealkylation sites (N-methyl/N-ethyl adjacent to an activating group) is 1. The minimum atomic E-state index is -0.0280. The number of nitrogens with zero attached hydrogens (tertiary/aromatic N) is 4. The Hall–Kier alpha value is -1.30. The van der Waals surface area contributed by atoms with Crippen molar-refractivity contribution in [1.29, 1.82) is 0 Å². The van der Waals surface area contributed by atoms with Crippen LogP contribution in [0.25, 0.3) is 0 Å². The molecule has 0 spiro atoms. The molecule has 0 aliphatic carbocycles. The van der Waals surface area contributed by atoms with Crippen LogP contribution in [0, 0.1) is 0 Å². The summed E-state index contributed by atoms with van der Waals surface area (Å²) >= 11 is 0. The monoisotopic (exact) mass is 280 g/mol. The third-order valence-electron chi connectivity index (χ3n) is 4.39. The Morgan fingerprint density at radius 3 is 3.10 bits per heavy atom.